The molecule has 14 heavy (non-hydrogen) atoms. The molecule has 82 valence electrons. The molecular formula is C8H14O6. The van der Waals surface area contributed by atoms with Crippen molar-refractivity contribution in [1.29, 1.82) is 0 Å². The van der Waals surface area contributed by atoms with Crippen LogP contribution in [0.4, 0.5) is 4.79 Å². The van der Waals surface area contributed by atoms with E-state index in [2.05, 4.69) is 4.74 Å². The highest BCUT2D eigenvalue weighted by molar-refractivity contribution is 5.87. The molecular weight excluding hydrogens is 192 g/mol. The van der Waals surface area contributed by atoms with Crippen LogP contribution in [0.25, 0.3) is 0 Å². The van der Waals surface area contributed by atoms with E-state index in [1.54, 1.807) is 0 Å². The minimum Gasteiger partial charge on any atom is -0.449 e. The number of carbonyl (C=O) groups excluding carboxylic acids is 1. The van der Waals surface area contributed by atoms with E-state index >= 15 is 0 Å². The minimum atomic E-state index is -2.10. The van der Waals surface area contributed by atoms with Gasteiger partial charge in [0, 0.05) is 0 Å². The maximum absolute atomic E-state index is 11.0. The fraction of sp³-hybridized carbons (Fsp3) is 0.750. The van der Waals surface area contributed by atoms with Gasteiger partial charge < -0.3 is 20.1 Å². The van der Waals surface area contributed by atoms with Gasteiger partial charge in [-0.2, -0.15) is 0 Å². The number of unbranched alkanes of at least 4 members (excludes halogenated alkanes) is 1. The van der Waals surface area contributed by atoms with Crippen LogP contribution in [-0.4, -0.2) is 39.7 Å². The molecule has 0 rings (SSSR count). The SMILES string of the molecule is CCCCC(O)(CO)C(=O)OC(=O)O. The molecule has 6 nitrogen and oxygen atoms in total. The number of esters is 1. The van der Waals surface area contributed by atoms with E-state index in [9.17, 15) is 14.7 Å². The predicted octanol–water partition coefficient (Wildman–Crippen LogP) is 0.121. The molecule has 0 saturated carbocycles. The van der Waals surface area contributed by atoms with Crippen LogP contribution in [0.15, 0.2) is 0 Å². The summed E-state index contributed by atoms with van der Waals surface area (Å²) in [6.45, 7) is 0.986. The fourth-order valence-corrected chi connectivity index (χ4v) is 0.889. The topological polar surface area (TPSA) is 104 Å². The molecule has 1 atom stereocenters. The lowest BCUT2D eigenvalue weighted by atomic mass is 9.98. The van der Waals surface area contributed by atoms with Crippen molar-refractivity contribution in [3.63, 3.8) is 0 Å². The number of rotatable bonds is 5. The van der Waals surface area contributed by atoms with Crippen molar-refractivity contribution in [2.45, 2.75) is 31.8 Å². The van der Waals surface area contributed by atoms with Crippen molar-refractivity contribution in [3.05, 3.63) is 0 Å². The van der Waals surface area contributed by atoms with Crippen LogP contribution in [-0.2, 0) is 9.53 Å². The van der Waals surface area contributed by atoms with Crippen LogP contribution >= 0.6 is 0 Å². The van der Waals surface area contributed by atoms with Gasteiger partial charge >= 0.3 is 12.1 Å². The van der Waals surface area contributed by atoms with Crippen LogP contribution < -0.4 is 0 Å². The number of hydrogen-bond acceptors (Lipinski definition) is 5. The monoisotopic (exact) mass is 206 g/mol. The maximum atomic E-state index is 11.0. The first kappa shape index (κ1) is 12.9. The Morgan fingerprint density at radius 1 is 1.43 bits per heavy atom. The number of carboxylic acid groups (broad SMARTS) is 1. The van der Waals surface area contributed by atoms with Gasteiger partial charge in [0.05, 0.1) is 6.61 Å². The molecule has 0 amide bonds. The van der Waals surface area contributed by atoms with Gasteiger partial charge in [-0.15, -0.1) is 0 Å². The van der Waals surface area contributed by atoms with Gasteiger partial charge in [-0.3, -0.25) is 0 Å². The standard InChI is InChI=1S/C8H14O6/c1-2-3-4-8(13,5-9)6(10)14-7(11)12/h9,13H,2-5H2,1H3,(H,11,12). The Kier molecular flexibility index (Phi) is 5.11. The molecule has 0 fully saturated rings. The van der Waals surface area contributed by atoms with Crippen LogP contribution in [0.5, 0.6) is 0 Å². The highest BCUT2D eigenvalue weighted by atomic mass is 16.7. The number of carbonyl (C=O) groups is 2. The molecule has 1 unspecified atom stereocenters. The van der Waals surface area contributed by atoms with Crippen molar-refractivity contribution < 1.29 is 29.6 Å². The van der Waals surface area contributed by atoms with Crippen LogP contribution in [0, 0.1) is 0 Å². The summed E-state index contributed by atoms with van der Waals surface area (Å²) < 4.78 is 3.77. The fourth-order valence-electron chi connectivity index (χ4n) is 0.889. The van der Waals surface area contributed by atoms with E-state index in [1.807, 2.05) is 6.92 Å². The molecule has 0 aliphatic heterocycles. The number of aliphatic hydroxyl groups is 2. The summed E-state index contributed by atoms with van der Waals surface area (Å²) in [5.74, 6) is -1.33. The second kappa shape index (κ2) is 5.56. The lowest BCUT2D eigenvalue weighted by Crippen LogP contribution is -2.44. The van der Waals surface area contributed by atoms with E-state index < -0.39 is 24.3 Å². The molecule has 0 aromatic carbocycles. The van der Waals surface area contributed by atoms with Crippen molar-refractivity contribution in [3.8, 4) is 0 Å². The second-order valence-electron chi connectivity index (χ2n) is 2.95. The summed E-state index contributed by atoms with van der Waals surface area (Å²) in [7, 11) is 0. The Morgan fingerprint density at radius 2 is 2.00 bits per heavy atom. The Bertz CT molecular complexity index is 214. The highest BCUT2D eigenvalue weighted by Gasteiger charge is 2.37. The quantitative estimate of drug-likeness (QED) is 0.436. The first-order valence-electron chi connectivity index (χ1n) is 4.24. The Morgan fingerprint density at radius 3 is 2.36 bits per heavy atom. The number of aliphatic hydroxyl groups excluding tert-OH is 1. The van der Waals surface area contributed by atoms with Gasteiger partial charge in [0.1, 0.15) is 0 Å². The summed E-state index contributed by atoms with van der Waals surface area (Å²) >= 11 is 0. The number of hydrogen-bond donors (Lipinski definition) is 3. The van der Waals surface area contributed by atoms with Crippen molar-refractivity contribution >= 4 is 12.1 Å². The third-order valence-electron chi connectivity index (χ3n) is 1.77. The van der Waals surface area contributed by atoms with Gasteiger partial charge in [0.2, 0.25) is 0 Å². The van der Waals surface area contributed by atoms with Crippen LogP contribution in [0.1, 0.15) is 26.2 Å². The summed E-state index contributed by atoms with van der Waals surface area (Å²) in [4.78, 5) is 21.0. The second-order valence-corrected chi connectivity index (χ2v) is 2.95. The zero-order valence-electron chi connectivity index (χ0n) is 7.89. The molecule has 0 heterocycles. The molecule has 3 N–H and O–H groups in total. The lowest BCUT2D eigenvalue weighted by molar-refractivity contribution is -0.165. The summed E-state index contributed by atoms with van der Waals surface area (Å²) in [5.41, 5.74) is -2.10. The Labute approximate surface area is 81.1 Å². The highest BCUT2D eigenvalue weighted by Crippen LogP contribution is 2.15. The third kappa shape index (κ3) is 3.71. The Balaban J connectivity index is 4.34. The molecule has 6 heteroatoms. The van der Waals surface area contributed by atoms with Crippen LogP contribution in [0.3, 0.4) is 0 Å². The molecule has 0 spiro atoms. The van der Waals surface area contributed by atoms with Crippen molar-refractivity contribution in [1.82, 2.24) is 0 Å². The average Bonchev–Trinajstić information content (AvgIpc) is 2.13. The zero-order chi connectivity index (χ0) is 11.2. The molecule has 0 bridgehead atoms. The molecule has 0 aliphatic carbocycles. The van der Waals surface area contributed by atoms with Gasteiger partial charge in [0.25, 0.3) is 0 Å². The molecule has 0 aromatic heterocycles. The maximum Gasteiger partial charge on any atom is 0.513 e. The van der Waals surface area contributed by atoms with Gasteiger partial charge in [0.15, 0.2) is 5.60 Å². The summed E-state index contributed by atoms with van der Waals surface area (Å²) in [6.07, 6.45) is -0.612. The third-order valence-corrected chi connectivity index (χ3v) is 1.77. The molecule has 0 saturated heterocycles. The largest absolute Gasteiger partial charge is 0.513 e. The van der Waals surface area contributed by atoms with Gasteiger partial charge in [-0.1, -0.05) is 19.8 Å². The number of ether oxygens (including phenoxy) is 1. The zero-order valence-corrected chi connectivity index (χ0v) is 7.89. The molecule has 0 aliphatic rings. The predicted molar refractivity (Wildman–Crippen MR) is 45.7 cm³/mol. The Hall–Kier alpha value is -1.14. The smallest absolute Gasteiger partial charge is 0.449 e. The van der Waals surface area contributed by atoms with Crippen molar-refractivity contribution in [2.75, 3.05) is 6.61 Å². The van der Waals surface area contributed by atoms with Gasteiger partial charge in [-0.05, 0) is 6.42 Å². The summed E-state index contributed by atoms with van der Waals surface area (Å²) in [5, 5.41) is 26.4. The van der Waals surface area contributed by atoms with E-state index in [-0.39, 0.29) is 6.42 Å². The van der Waals surface area contributed by atoms with Crippen LogP contribution in [0.2, 0.25) is 0 Å². The first-order chi connectivity index (χ1) is 6.46. The normalized spacial score (nSPS) is 14.5. The van der Waals surface area contributed by atoms with Gasteiger partial charge in [-0.25, -0.2) is 9.59 Å². The molecule has 0 aromatic rings. The molecule has 0 radical (unpaired) electrons. The van der Waals surface area contributed by atoms with E-state index in [1.165, 1.54) is 0 Å². The van der Waals surface area contributed by atoms with Crippen molar-refractivity contribution in [2.24, 2.45) is 0 Å². The lowest BCUT2D eigenvalue weighted by Gasteiger charge is -2.21. The first-order valence-corrected chi connectivity index (χ1v) is 4.24. The van der Waals surface area contributed by atoms with E-state index in [0.29, 0.717) is 12.8 Å². The minimum absolute atomic E-state index is 0.0217. The van der Waals surface area contributed by atoms with E-state index in [4.69, 9.17) is 10.2 Å². The van der Waals surface area contributed by atoms with E-state index in [0.717, 1.165) is 0 Å². The summed E-state index contributed by atoms with van der Waals surface area (Å²) in [6, 6.07) is 0. The average molecular weight is 206 g/mol.